The predicted molar refractivity (Wildman–Crippen MR) is 177 cm³/mol. The van der Waals surface area contributed by atoms with E-state index in [0.717, 1.165) is 47.0 Å². The zero-order chi connectivity index (χ0) is 35.3. The number of aromatic nitrogens is 1. The van der Waals surface area contributed by atoms with Crippen molar-refractivity contribution in [3.8, 4) is 11.1 Å². The number of hydrogen-bond donors (Lipinski definition) is 1. The molecule has 0 bridgehead atoms. The first kappa shape index (κ1) is 37.1. The zero-order valence-electron chi connectivity index (χ0n) is 27.8. The van der Waals surface area contributed by atoms with Crippen LogP contribution in [0.15, 0.2) is 47.4 Å². The normalized spacial score (nSPS) is 14.8. The number of rotatable bonds is 13. The summed E-state index contributed by atoms with van der Waals surface area (Å²) in [7, 11) is 0. The van der Waals surface area contributed by atoms with Gasteiger partial charge >= 0.3 is 12.1 Å². The summed E-state index contributed by atoms with van der Waals surface area (Å²) in [6.07, 6.45) is -3.02. The Hall–Kier alpha value is -3.70. The average molecular weight is 692 g/mol. The highest BCUT2D eigenvalue weighted by Gasteiger charge is 2.36. The fourth-order valence-corrected chi connectivity index (χ4v) is 6.37. The highest BCUT2D eigenvalue weighted by molar-refractivity contribution is 6.31. The molecule has 3 aromatic rings. The smallest absolute Gasteiger partial charge is 0.416 e. The first-order valence-corrected chi connectivity index (χ1v) is 16.5. The van der Waals surface area contributed by atoms with Gasteiger partial charge in [0.1, 0.15) is 11.9 Å². The lowest BCUT2D eigenvalue weighted by Crippen LogP contribution is -2.41. The predicted octanol–water partition coefficient (Wildman–Crippen LogP) is 7.59. The second-order valence-electron chi connectivity index (χ2n) is 12.7. The minimum Gasteiger partial charge on any atom is -0.466 e. The van der Waals surface area contributed by atoms with Gasteiger partial charge in [0, 0.05) is 24.4 Å². The van der Waals surface area contributed by atoms with Gasteiger partial charge in [-0.2, -0.15) is 13.2 Å². The van der Waals surface area contributed by atoms with Gasteiger partial charge in [0.25, 0.3) is 5.56 Å². The molecule has 2 atom stereocenters. The van der Waals surface area contributed by atoms with Crippen molar-refractivity contribution in [1.29, 1.82) is 0 Å². The van der Waals surface area contributed by atoms with Crippen LogP contribution < -0.4 is 10.9 Å². The van der Waals surface area contributed by atoms with Crippen LogP contribution in [0.25, 0.3) is 11.1 Å². The molecular weight excluding hydrogens is 650 g/mol. The summed E-state index contributed by atoms with van der Waals surface area (Å²) in [5.41, 5.74) is 0.979. The minimum absolute atomic E-state index is 0.0332. The van der Waals surface area contributed by atoms with Gasteiger partial charge in [-0.1, -0.05) is 43.6 Å². The Morgan fingerprint density at radius 2 is 1.75 bits per heavy atom. The number of esters is 1. The first-order chi connectivity index (χ1) is 22.6. The lowest BCUT2D eigenvalue weighted by Gasteiger charge is -2.31. The third-order valence-corrected chi connectivity index (χ3v) is 8.92. The third kappa shape index (κ3) is 8.85. The van der Waals surface area contributed by atoms with E-state index in [4.69, 9.17) is 16.3 Å². The summed E-state index contributed by atoms with van der Waals surface area (Å²) in [5, 5.41) is 2.51. The lowest BCUT2D eigenvalue weighted by molar-refractivity contribution is -0.144. The summed E-state index contributed by atoms with van der Waals surface area (Å²) in [4.78, 5) is 42.2. The molecule has 0 saturated carbocycles. The van der Waals surface area contributed by atoms with Crippen molar-refractivity contribution >= 4 is 23.5 Å². The molecule has 0 radical (unpaired) electrons. The molecule has 4 rings (SSSR count). The minimum atomic E-state index is -4.76. The SMILES string of the molecule is CCOC(=O)CC(NC(=O)C(CC(C)C)n1cc(CCN2CCC2)c(C(F)(F)F)cc1=O)c1cc(-c2c(C)cccc2C)cc(Cl)c1F. The van der Waals surface area contributed by atoms with Crippen LogP contribution in [-0.4, -0.2) is 47.6 Å². The van der Waals surface area contributed by atoms with Crippen LogP contribution in [-0.2, 0) is 26.9 Å². The van der Waals surface area contributed by atoms with E-state index in [2.05, 4.69) is 5.32 Å². The lowest BCUT2D eigenvalue weighted by atomic mass is 9.92. The molecule has 2 aromatic carbocycles. The van der Waals surface area contributed by atoms with Crippen LogP contribution in [0.4, 0.5) is 17.6 Å². The van der Waals surface area contributed by atoms with Crippen LogP contribution in [0.2, 0.25) is 5.02 Å². The maximum Gasteiger partial charge on any atom is 0.416 e. The van der Waals surface area contributed by atoms with Gasteiger partial charge in [0.05, 0.1) is 29.7 Å². The topological polar surface area (TPSA) is 80.6 Å². The van der Waals surface area contributed by atoms with E-state index in [1.54, 1.807) is 6.92 Å². The molecule has 1 aliphatic rings. The number of alkyl halides is 3. The van der Waals surface area contributed by atoms with Crippen molar-refractivity contribution < 1.29 is 31.9 Å². The Kier molecular flexibility index (Phi) is 12.1. The molecule has 1 fully saturated rings. The molecule has 12 heteroatoms. The summed E-state index contributed by atoms with van der Waals surface area (Å²) in [5.74, 6) is -2.49. The van der Waals surface area contributed by atoms with Gasteiger partial charge in [-0.3, -0.25) is 14.4 Å². The summed E-state index contributed by atoms with van der Waals surface area (Å²) >= 11 is 6.39. The standard InChI is InChI=1S/C36H42ClF4N3O4/c1-6-48-32(46)19-29(26-16-25(17-28(37)34(26)38)33-22(4)9-7-10-23(33)5)42-35(47)30(15-21(2)3)44-20-24(11-14-43-12-8-13-43)27(18-31(44)45)36(39,40)41/h7,9-10,16-18,20-21,29-30H,6,8,11-15,19H2,1-5H3,(H,42,47). The van der Waals surface area contributed by atoms with E-state index in [-0.39, 0.29) is 41.5 Å². The number of halogens is 5. The van der Waals surface area contributed by atoms with E-state index in [0.29, 0.717) is 18.2 Å². The van der Waals surface area contributed by atoms with E-state index in [1.165, 1.54) is 12.1 Å². The molecule has 2 heterocycles. The van der Waals surface area contributed by atoms with Gasteiger partial charge in [-0.25, -0.2) is 4.39 Å². The molecule has 0 spiro atoms. The second-order valence-corrected chi connectivity index (χ2v) is 13.2. The van der Waals surface area contributed by atoms with Crippen molar-refractivity contribution in [2.75, 3.05) is 26.2 Å². The number of aryl methyl sites for hydroxylation is 2. The monoisotopic (exact) mass is 691 g/mol. The van der Waals surface area contributed by atoms with Gasteiger partial charge in [0.15, 0.2) is 0 Å². The number of pyridine rings is 1. The number of carbonyl (C=O) groups excluding carboxylic acids is 2. The second kappa shape index (κ2) is 15.7. The largest absolute Gasteiger partial charge is 0.466 e. The van der Waals surface area contributed by atoms with Crippen molar-refractivity contribution in [3.05, 3.63) is 91.6 Å². The molecule has 1 amide bonds. The van der Waals surface area contributed by atoms with E-state index < -0.39 is 53.5 Å². The number of benzene rings is 2. The van der Waals surface area contributed by atoms with Gasteiger partial charge in [-0.05, 0) is 99.0 Å². The number of ether oxygens (including phenoxy) is 1. The molecule has 7 nitrogen and oxygen atoms in total. The van der Waals surface area contributed by atoms with Crippen molar-refractivity contribution in [3.63, 3.8) is 0 Å². The van der Waals surface area contributed by atoms with Crippen LogP contribution in [0.1, 0.15) is 79.9 Å². The van der Waals surface area contributed by atoms with E-state index >= 15 is 4.39 Å². The highest BCUT2D eigenvalue weighted by Crippen LogP contribution is 2.36. The third-order valence-electron chi connectivity index (χ3n) is 8.64. The van der Waals surface area contributed by atoms with Crippen molar-refractivity contribution in [1.82, 2.24) is 14.8 Å². The Bertz CT molecular complexity index is 1680. The Morgan fingerprint density at radius 3 is 2.31 bits per heavy atom. The van der Waals surface area contributed by atoms with Crippen molar-refractivity contribution in [2.45, 2.75) is 78.6 Å². The molecule has 0 aliphatic carbocycles. The summed E-state index contributed by atoms with van der Waals surface area (Å²) in [6.45, 7) is 11.0. The first-order valence-electron chi connectivity index (χ1n) is 16.2. The molecule has 260 valence electrons. The van der Waals surface area contributed by atoms with Gasteiger partial charge < -0.3 is 19.5 Å². The number of likely N-dealkylation sites (tertiary alicyclic amines) is 1. The maximum absolute atomic E-state index is 15.8. The number of nitrogens with one attached hydrogen (secondary N) is 1. The average Bonchev–Trinajstić information content (AvgIpc) is 2.96. The van der Waals surface area contributed by atoms with Gasteiger partial charge in [0.2, 0.25) is 5.91 Å². The molecular formula is C36H42ClF4N3O4. The Morgan fingerprint density at radius 1 is 1.08 bits per heavy atom. The van der Waals surface area contributed by atoms with Crippen LogP contribution in [0, 0.1) is 25.6 Å². The molecule has 1 N–H and O–H groups in total. The van der Waals surface area contributed by atoms with E-state index in [1.807, 2.05) is 50.8 Å². The molecule has 48 heavy (non-hydrogen) atoms. The quantitative estimate of drug-likeness (QED) is 0.148. The Balaban J connectivity index is 1.79. The number of nitrogens with zero attached hydrogens (tertiary/aromatic N) is 2. The number of hydrogen-bond acceptors (Lipinski definition) is 5. The fraction of sp³-hybridized carbons (Fsp3) is 0.472. The molecule has 2 unspecified atom stereocenters. The van der Waals surface area contributed by atoms with Gasteiger partial charge in [-0.15, -0.1) is 0 Å². The molecule has 1 aromatic heterocycles. The van der Waals surface area contributed by atoms with Crippen LogP contribution in [0.5, 0.6) is 0 Å². The highest BCUT2D eigenvalue weighted by atomic mass is 35.5. The number of carbonyl (C=O) groups is 2. The molecule has 1 aliphatic heterocycles. The summed E-state index contributed by atoms with van der Waals surface area (Å²) < 4.78 is 64.1. The van der Waals surface area contributed by atoms with Crippen molar-refractivity contribution in [2.24, 2.45) is 5.92 Å². The fourth-order valence-electron chi connectivity index (χ4n) is 6.15. The number of amides is 1. The Labute approximate surface area is 283 Å². The van der Waals surface area contributed by atoms with Crippen LogP contribution in [0.3, 0.4) is 0 Å². The maximum atomic E-state index is 15.8. The van der Waals surface area contributed by atoms with E-state index in [9.17, 15) is 27.6 Å². The molecule has 1 saturated heterocycles. The summed E-state index contributed by atoms with van der Waals surface area (Å²) in [6, 6.07) is 6.69. The van der Waals surface area contributed by atoms with Crippen LogP contribution >= 0.6 is 11.6 Å². The zero-order valence-corrected chi connectivity index (χ0v) is 28.6.